The molecule has 0 aromatic carbocycles. The predicted octanol–water partition coefficient (Wildman–Crippen LogP) is 1.25. The molecule has 4 nitrogen and oxygen atoms in total. The summed E-state index contributed by atoms with van der Waals surface area (Å²) in [6.45, 7) is 6.12. The van der Waals surface area contributed by atoms with Gasteiger partial charge in [-0.05, 0) is 0 Å². The summed E-state index contributed by atoms with van der Waals surface area (Å²) in [5.74, 6) is 0. The van der Waals surface area contributed by atoms with Gasteiger partial charge in [-0.25, -0.2) is 0 Å². The Balaban J connectivity index is -0.000000139. The third kappa shape index (κ3) is 55.2. The van der Waals surface area contributed by atoms with E-state index in [0.717, 1.165) is 6.42 Å². The van der Waals surface area contributed by atoms with Crippen LogP contribution in [0, 0.1) is 6.92 Å². The van der Waals surface area contributed by atoms with Gasteiger partial charge in [0, 0.05) is 0 Å². The average Bonchev–Trinajstić information content (AvgIpc) is 2.20. The largest absolute Gasteiger partial charge is 1.00 e. The molecular formula is C12H28FNaO4S. The van der Waals surface area contributed by atoms with E-state index in [-0.39, 0.29) is 34.3 Å². The molecule has 0 aliphatic carbocycles. The zero-order valence-electron chi connectivity index (χ0n) is 12.3. The van der Waals surface area contributed by atoms with Crippen LogP contribution in [0.1, 0.15) is 71.1 Å². The molecule has 0 fully saturated rings. The third-order valence-corrected chi connectivity index (χ3v) is 2.35. The van der Waals surface area contributed by atoms with E-state index >= 15 is 0 Å². The Labute approximate surface area is 140 Å². The first-order chi connectivity index (χ1) is 7.91. The Hall–Kier alpha value is 0.800. The van der Waals surface area contributed by atoms with E-state index in [0.29, 0.717) is 0 Å². The summed E-state index contributed by atoms with van der Waals surface area (Å²) in [5.41, 5.74) is 0. The van der Waals surface area contributed by atoms with Crippen LogP contribution < -0.4 is 29.6 Å². The molecule has 0 amide bonds. The Morgan fingerprint density at radius 3 is 1.37 bits per heavy atom. The summed E-state index contributed by atoms with van der Waals surface area (Å²) < 4.78 is 31.6. The van der Waals surface area contributed by atoms with E-state index in [9.17, 15) is 0 Å². The molecule has 0 radical (unpaired) electrons. The van der Waals surface area contributed by atoms with Crippen LogP contribution in [0.5, 0.6) is 0 Å². The van der Waals surface area contributed by atoms with Crippen molar-refractivity contribution in [1.82, 2.24) is 0 Å². The van der Waals surface area contributed by atoms with Gasteiger partial charge in [0.15, 0.2) is 0 Å². The first-order valence-corrected chi connectivity index (χ1v) is 7.80. The molecule has 19 heavy (non-hydrogen) atoms. The van der Waals surface area contributed by atoms with Gasteiger partial charge in [0.25, 0.3) is 0 Å². The van der Waals surface area contributed by atoms with E-state index in [2.05, 4.69) is 13.8 Å². The number of hydrogen-bond donors (Lipinski definition) is 2. The summed E-state index contributed by atoms with van der Waals surface area (Å²) in [6.07, 6.45) is 13.9. The minimum absolute atomic E-state index is 0. The maximum absolute atomic E-state index is 8.74. The second-order valence-corrected chi connectivity index (χ2v) is 5.03. The summed E-state index contributed by atoms with van der Waals surface area (Å²) in [7, 11) is -4.67. The smallest absolute Gasteiger partial charge is 0.343 e. The molecule has 0 aliphatic rings. The molecule has 2 N–H and O–H groups in total. The van der Waals surface area contributed by atoms with Crippen LogP contribution in [0.15, 0.2) is 0 Å². The van der Waals surface area contributed by atoms with E-state index in [1.807, 2.05) is 0 Å². The minimum Gasteiger partial charge on any atom is -0.343 e. The molecule has 0 aromatic heterocycles. The van der Waals surface area contributed by atoms with Crippen LogP contribution in [0.4, 0.5) is 4.70 Å². The van der Waals surface area contributed by atoms with E-state index in [4.69, 9.17) is 17.5 Å². The molecular weight excluding hydrogens is 282 g/mol. The molecule has 0 unspecified atom stereocenters. The van der Waals surface area contributed by atoms with Crippen molar-refractivity contribution in [3.05, 3.63) is 6.92 Å². The summed E-state index contributed by atoms with van der Waals surface area (Å²) in [5, 5.41) is 0. The maximum atomic E-state index is 8.74. The minimum atomic E-state index is -4.67. The van der Waals surface area contributed by atoms with Crippen molar-refractivity contribution >= 4 is 10.4 Å². The topological polar surface area (TPSA) is 74.6 Å². The Bertz CT molecular complexity index is 218. The number of halogens is 1. The summed E-state index contributed by atoms with van der Waals surface area (Å²) in [6, 6.07) is 0. The summed E-state index contributed by atoms with van der Waals surface area (Å²) in [4.78, 5) is 0. The van der Waals surface area contributed by atoms with E-state index in [1.54, 1.807) is 0 Å². The number of unbranched alkanes of at least 4 members (excludes halogenated alkanes) is 9. The van der Waals surface area contributed by atoms with Crippen LogP contribution >= 0.6 is 0 Å². The SMILES string of the molecule is F.O=S(=O)(O)O.[CH2-]CCCCCCCCCCC.[Na+]. The van der Waals surface area contributed by atoms with Crippen molar-refractivity contribution in [2.24, 2.45) is 0 Å². The second-order valence-electron chi connectivity index (χ2n) is 4.13. The van der Waals surface area contributed by atoms with Gasteiger partial charge in [0.1, 0.15) is 0 Å². The Kier molecular flexibility index (Phi) is 31.1. The predicted molar refractivity (Wildman–Crippen MR) is 73.9 cm³/mol. The fraction of sp³-hybridized carbons (Fsp3) is 0.917. The molecule has 0 spiro atoms. The van der Waals surface area contributed by atoms with Gasteiger partial charge in [-0.2, -0.15) is 14.8 Å². The third-order valence-electron chi connectivity index (χ3n) is 2.35. The van der Waals surface area contributed by atoms with Crippen molar-refractivity contribution < 1.29 is 51.8 Å². The molecule has 0 rings (SSSR count). The normalized spacial score (nSPS) is 9.68. The molecule has 0 aromatic rings. The van der Waals surface area contributed by atoms with Gasteiger partial charge in [0.05, 0.1) is 0 Å². The second kappa shape index (κ2) is 21.1. The van der Waals surface area contributed by atoms with Crippen molar-refractivity contribution in [3.8, 4) is 0 Å². The first-order valence-electron chi connectivity index (χ1n) is 6.41. The maximum Gasteiger partial charge on any atom is 1.00 e. The zero-order valence-corrected chi connectivity index (χ0v) is 15.1. The Morgan fingerprint density at radius 1 is 0.842 bits per heavy atom. The van der Waals surface area contributed by atoms with E-state index in [1.165, 1.54) is 57.8 Å². The molecule has 0 atom stereocenters. The van der Waals surface area contributed by atoms with Crippen LogP contribution in [0.25, 0.3) is 0 Å². The zero-order chi connectivity index (χ0) is 13.6. The molecule has 0 heterocycles. The molecule has 114 valence electrons. The van der Waals surface area contributed by atoms with Crippen LogP contribution in [0.3, 0.4) is 0 Å². The van der Waals surface area contributed by atoms with Gasteiger partial charge < -0.3 is 6.92 Å². The molecule has 0 saturated heterocycles. The van der Waals surface area contributed by atoms with Gasteiger partial charge >= 0.3 is 40.0 Å². The van der Waals surface area contributed by atoms with Gasteiger partial charge in [-0.3, -0.25) is 13.8 Å². The van der Waals surface area contributed by atoms with Crippen molar-refractivity contribution in [3.63, 3.8) is 0 Å². The Morgan fingerprint density at radius 2 is 1.11 bits per heavy atom. The summed E-state index contributed by atoms with van der Waals surface area (Å²) >= 11 is 0. The van der Waals surface area contributed by atoms with E-state index < -0.39 is 10.4 Å². The molecule has 7 heteroatoms. The number of rotatable bonds is 9. The molecule has 0 aliphatic heterocycles. The van der Waals surface area contributed by atoms with Crippen molar-refractivity contribution in [2.45, 2.75) is 71.1 Å². The monoisotopic (exact) mass is 310 g/mol. The van der Waals surface area contributed by atoms with Crippen LogP contribution in [0.2, 0.25) is 0 Å². The molecule has 0 saturated carbocycles. The van der Waals surface area contributed by atoms with Gasteiger partial charge in [-0.1, -0.05) is 64.7 Å². The van der Waals surface area contributed by atoms with Crippen LogP contribution in [-0.4, -0.2) is 17.5 Å². The standard InChI is InChI=1S/C12H25.FH.Na.H2O4S/c1-3-5-7-9-11-12-10-8-6-4-2;;;1-5(2,3)4/h1,3-12H2,2H3;1H;;(H2,1,2,3,4)/q-1;;+1;. The fourth-order valence-electron chi connectivity index (χ4n) is 1.49. The van der Waals surface area contributed by atoms with Crippen LogP contribution in [-0.2, 0) is 10.4 Å². The quantitative estimate of drug-likeness (QED) is 0.291. The van der Waals surface area contributed by atoms with Crippen molar-refractivity contribution in [1.29, 1.82) is 0 Å². The van der Waals surface area contributed by atoms with Gasteiger partial charge in [0.2, 0.25) is 0 Å². The first kappa shape index (κ1) is 28.0. The van der Waals surface area contributed by atoms with Gasteiger partial charge in [-0.15, -0.1) is 0 Å². The molecule has 0 bridgehead atoms. The van der Waals surface area contributed by atoms with Crippen molar-refractivity contribution in [2.75, 3.05) is 0 Å². The number of hydrogen-bond acceptors (Lipinski definition) is 2. The average molecular weight is 310 g/mol. The fourth-order valence-corrected chi connectivity index (χ4v) is 1.49.